The SMILES string of the molecule is Cc1cccc(C(C)(C)CNC(=O)NCc2ccc(N3CCCCC3)nc2)c1. The van der Waals surface area contributed by atoms with Crippen molar-refractivity contribution in [1.82, 2.24) is 15.6 Å². The molecule has 2 heterocycles. The first kappa shape index (κ1) is 20.2. The molecular weight excluding hydrogens is 348 g/mol. The van der Waals surface area contributed by atoms with Gasteiger partial charge in [0.2, 0.25) is 0 Å². The first-order valence-electron chi connectivity index (χ1n) is 10.2. The average Bonchev–Trinajstić information content (AvgIpc) is 2.72. The molecule has 1 aliphatic rings. The van der Waals surface area contributed by atoms with Crippen LogP contribution in [0.5, 0.6) is 0 Å². The molecule has 28 heavy (non-hydrogen) atoms. The number of amides is 2. The van der Waals surface area contributed by atoms with Gasteiger partial charge in [0.25, 0.3) is 0 Å². The zero-order valence-electron chi connectivity index (χ0n) is 17.3. The van der Waals surface area contributed by atoms with E-state index >= 15 is 0 Å². The monoisotopic (exact) mass is 380 g/mol. The number of nitrogens with one attached hydrogen (secondary N) is 2. The van der Waals surface area contributed by atoms with Crippen molar-refractivity contribution in [2.75, 3.05) is 24.5 Å². The summed E-state index contributed by atoms with van der Waals surface area (Å²) in [6.45, 7) is 9.60. The van der Waals surface area contributed by atoms with Crippen LogP contribution < -0.4 is 15.5 Å². The molecule has 0 atom stereocenters. The minimum absolute atomic E-state index is 0.124. The number of anilines is 1. The maximum absolute atomic E-state index is 12.2. The van der Waals surface area contributed by atoms with Crippen LogP contribution in [0.1, 0.15) is 49.8 Å². The molecule has 1 saturated heterocycles. The molecule has 1 fully saturated rings. The van der Waals surface area contributed by atoms with Crippen molar-refractivity contribution < 1.29 is 4.79 Å². The van der Waals surface area contributed by atoms with Gasteiger partial charge in [-0.3, -0.25) is 0 Å². The third kappa shape index (κ3) is 5.47. The van der Waals surface area contributed by atoms with Crippen LogP contribution in [0.3, 0.4) is 0 Å². The number of rotatable bonds is 6. The second-order valence-corrected chi connectivity index (χ2v) is 8.36. The largest absolute Gasteiger partial charge is 0.357 e. The zero-order chi connectivity index (χ0) is 20.0. The number of benzene rings is 1. The maximum Gasteiger partial charge on any atom is 0.315 e. The summed E-state index contributed by atoms with van der Waals surface area (Å²) in [6.07, 6.45) is 5.66. The molecule has 2 N–H and O–H groups in total. The fraction of sp³-hybridized carbons (Fsp3) is 0.478. The van der Waals surface area contributed by atoms with Crippen molar-refractivity contribution in [2.45, 2.75) is 52.0 Å². The summed E-state index contributed by atoms with van der Waals surface area (Å²) in [7, 11) is 0. The minimum atomic E-state index is -0.152. The van der Waals surface area contributed by atoms with Gasteiger partial charge in [0.1, 0.15) is 5.82 Å². The van der Waals surface area contributed by atoms with Crippen LogP contribution in [0.2, 0.25) is 0 Å². The van der Waals surface area contributed by atoms with Gasteiger partial charge in [0.05, 0.1) is 0 Å². The Labute approximate surface area is 168 Å². The molecule has 3 rings (SSSR count). The van der Waals surface area contributed by atoms with E-state index in [-0.39, 0.29) is 11.4 Å². The third-order valence-corrected chi connectivity index (χ3v) is 5.43. The molecule has 5 heteroatoms. The van der Waals surface area contributed by atoms with Crippen LogP contribution >= 0.6 is 0 Å². The number of carbonyl (C=O) groups is 1. The lowest BCUT2D eigenvalue weighted by atomic mass is 9.84. The topological polar surface area (TPSA) is 57.3 Å². The predicted octanol–water partition coefficient (Wildman–Crippen LogP) is 4.16. The summed E-state index contributed by atoms with van der Waals surface area (Å²) in [5.41, 5.74) is 3.34. The van der Waals surface area contributed by atoms with E-state index in [4.69, 9.17) is 0 Å². The summed E-state index contributed by atoms with van der Waals surface area (Å²) in [5.74, 6) is 1.04. The van der Waals surface area contributed by atoms with E-state index < -0.39 is 0 Å². The molecular formula is C23H32N4O. The molecule has 1 aromatic heterocycles. The van der Waals surface area contributed by atoms with Gasteiger partial charge in [0, 0.05) is 37.8 Å². The molecule has 5 nitrogen and oxygen atoms in total. The first-order valence-corrected chi connectivity index (χ1v) is 10.2. The van der Waals surface area contributed by atoms with Gasteiger partial charge >= 0.3 is 6.03 Å². The van der Waals surface area contributed by atoms with Crippen LogP contribution in [0.15, 0.2) is 42.6 Å². The molecule has 1 aliphatic heterocycles. The number of piperidine rings is 1. The number of aryl methyl sites for hydroxylation is 1. The molecule has 2 aromatic rings. The summed E-state index contributed by atoms with van der Waals surface area (Å²) in [6, 6.07) is 12.4. The van der Waals surface area contributed by atoms with Crippen LogP contribution in [-0.4, -0.2) is 30.6 Å². The number of hydrogen-bond donors (Lipinski definition) is 2. The van der Waals surface area contributed by atoms with Crippen molar-refractivity contribution in [3.63, 3.8) is 0 Å². The number of nitrogens with zero attached hydrogens (tertiary/aromatic N) is 2. The zero-order valence-corrected chi connectivity index (χ0v) is 17.3. The number of pyridine rings is 1. The lowest BCUT2D eigenvalue weighted by molar-refractivity contribution is 0.238. The standard InChI is InChI=1S/C23H32N4O/c1-18-8-7-9-20(14-18)23(2,3)17-26-22(28)25-16-19-10-11-21(24-15-19)27-12-5-4-6-13-27/h7-11,14-15H,4-6,12-13,16-17H2,1-3H3,(H2,25,26,28). The molecule has 0 aliphatic carbocycles. The van der Waals surface area contributed by atoms with Crippen LogP contribution in [-0.2, 0) is 12.0 Å². The average molecular weight is 381 g/mol. The molecule has 1 aromatic carbocycles. The van der Waals surface area contributed by atoms with Crippen molar-refractivity contribution in [1.29, 1.82) is 0 Å². The molecule has 150 valence electrons. The lowest BCUT2D eigenvalue weighted by Gasteiger charge is -2.27. The molecule has 0 bridgehead atoms. The third-order valence-electron chi connectivity index (χ3n) is 5.43. The lowest BCUT2D eigenvalue weighted by Crippen LogP contribution is -2.42. The second kappa shape index (κ2) is 9.09. The van der Waals surface area contributed by atoms with Gasteiger partial charge in [-0.15, -0.1) is 0 Å². The van der Waals surface area contributed by atoms with Crippen LogP contribution in [0.4, 0.5) is 10.6 Å². The minimum Gasteiger partial charge on any atom is -0.357 e. The number of hydrogen-bond acceptors (Lipinski definition) is 3. The predicted molar refractivity (Wildman–Crippen MR) is 115 cm³/mol. The smallest absolute Gasteiger partial charge is 0.315 e. The fourth-order valence-corrected chi connectivity index (χ4v) is 3.55. The number of urea groups is 1. The Kier molecular flexibility index (Phi) is 6.55. The Morgan fingerprint density at radius 3 is 2.57 bits per heavy atom. The Morgan fingerprint density at radius 1 is 1.11 bits per heavy atom. The van der Waals surface area contributed by atoms with Crippen LogP contribution in [0, 0.1) is 6.92 Å². The fourth-order valence-electron chi connectivity index (χ4n) is 3.55. The van der Waals surface area contributed by atoms with E-state index in [1.54, 1.807) is 0 Å². The van der Waals surface area contributed by atoms with Gasteiger partial charge in [-0.05, 0) is 43.4 Å². The summed E-state index contributed by atoms with van der Waals surface area (Å²) in [5, 5.41) is 5.93. The van der Waals surface area contributed by atoms with Crippen molar-refractivity contribution in [3.8, 4) is 0 Å². The number of carbonyl (C=O) groups excluding carboxylic acids is 1. The van der Waals surface area contributed by atoms with Crippen LogP contribution in [0.25, 0.3) is 0 Å². The first-order chi connectivity index (χ1) is 13.4. The van der Waals surface area contributed by atoms with Gasteiger partial charge in [-0.1, -0.05) is 49.7 Å². The van der Waals surface area contributed by atoms with Crippen molar-refractivity contribution in [3.05, 3.63) is 59.3 Å². The van der Waals surface area contributed by atoms with Gasteiger partial charge in [-0.2, -0.15) is 0 Å². The Morgan fingerprint density at radius 2 is 1.89 bits per heavy atom. The van der Waals surface area contributed by atoms with Crippen molar-refractivity contribution in [2.24, 2.45) is 0 Å². The van der Waals surface area contributed by atoms with Gasteiger partial charge < -0.3 is 15.5 Å². The molecule has 2 amide bonds. The normalized spacial score (nSPS) is 14.6. The summed E-state index contributed by atoms with van der Waals surface area (Å²) < 4.78 is 0. The Balaban J connectivity index is 1.46. The Hall–Kier alpha value is -2.56. The summed E-state index contributed by atoms with van der Waals surface area (Å²) >= 11 is 0. The van der Waals surface area contributed by atoms with E-state index in [0.29, 0.717) is 13.1 Å². The van der Waals surface area contributed by atoms with Gasteiger partial charge in [-0.25, -0.2) is 9.78 Å². The van der Waals surface area contributed by atoms with E-state index in [0.717, 1.165) is 24.5 Å². The Bertz CT molecular complexity index is 779. The highest BCUT2D eigenvalue weighted by Crippen LogP contribution is 2.23. The van der Waals surface area contributed by atoms with Crippen molar-refractivity contribution >= 4 is 11.8 Å². The molecule has 0 saturated carbocycles. The van der Waals surface area contributed by atoms with E-state index in [2.05, 4.69) is 71.6 Å². The highest BCUT2D eigenvalue weighted by atomic mass is 16.2. The summed E-state index contributed by atoms with van der Waals surface area (Å²) in [4.78, 5) is 19.1. The van der Waals surface area contributed by atoms with E-state index in [1.807, 2.05) is 12.3 Å². The van der Waals surface area contributed by atoms with E-state index in [9.17, 15) is 4.79 Å². The highest BCUT2D eigenvalue weighted by molar-refractivity contribution is 5.74. The second-order valence-electron chi connectivity index (χ2n) is 8.36. The van der Waals surface area contributed by atoms with E-state index in [1.165, 1.54) is 30.4 Å². The maximum atomic E-state index is 12.2. The molecule has 0 radical (unpaired) electrons. The highest BCUT2D eigenvalue weighted by Gasteiger charge is 2.21. The number of aromatic nitrogens is 1. The van der Waals surface area contributed by atoms with Gasteiger partial charge in [0.15, 0.2) is 0 Å². The molecule has 0 spiro atoms. The molecule has 0 unspecified atom stereocenters. The quantitative estimate of drug-likeness (QED) is 0.791.